The molecule has 3 aromatic rings. The third-order valence-electron chi connectivity index (χ3n) is 2.23. The lowest BCUT2D eigenvalue weighted by atomic mass is 10.3. The van der Waals surface area contributed by atoms with Crippen LogP contribution in [-0.2, 0) is 6.61 Å². The summed E-state index contributed by atoms with van der Waals surface area (Å²) in [6, 6.07) is 7.75. The van der Waals surface area contributed by atoms with Gasteiger partial charge in [-0.25, -0.2) is 9.97 Å². The summed E-state index contributed by atoms with van der Waals surface area (Å²) in [4.78, 5) is 13.7. The highest BCUT2D eigenvalue weighted by atomic mass is 16.7. The Morgan fingerprint density at radius 1 is 1.25 bits per heavy atom. The maximum absolute atomic E-state index is 5.50. The highest BCUT2D eigenvalue weighted by Crippen LogP contribution is 2.10. The zero-order valence-corrected chi connectivity index (χ0v) is 8.41. The number of imidazole rings is 1. The van der Waals surface area contributed by atoms with E-state index in [1.54, 1.807) is 17.3 Å². The predicted octanol–water partition coefficient (Wildman–Crippen LogP) is 1.65. The fourth-order valence-corrected chi connectivity index (χ4v) is 1.49. The minimum absolute atomic E-state index is 0.285. The highest BCUT2D eigenvalue weighted by molar-refractivity contribution is 5.74. The van der Waals surface area contributed by atoms with Gasteiger partial charge in [-0.05, 0) is 12.1 Å². The monoisotopic (exact) mass is 215 g/mol. The molecular weight excluding hydrogens is 206 g/mol. The maximum atomic E-state index is 5.50. The number of oxazole rings is 1. The second-order valence-electron chi connectivity index (χ2n) is 3.26. The summed E-state index contributed by atoms with van der Waals surface area (Å²) in [6.45, 7) is 0.285. The van der Waals surface area contributed by atoms with Crippen molar-refractivity contribution in [3.63, 3.8) is 0 Å². The lowest BCUT2D eigenvalue weighted by molar-refractivity contribution is 0.0897. The van der Waals surface area contributed by atoms with Crippen LogP contribution in [0.1, 0.15) is 5.89 Å². The number of hydrogen-bond donors (Lipinski definition) is 0. The molecule has 0 fully saturated rings. The summed E-state index contributed by atoms with van der Waals surface area (Å²) < 4.78 is 6.68. The summed E-state index contributed by atoms with van der Waals surface area (Å²) in [5.74, 6) is 0.540. The van der Waals surface area contributed by atoms with Gasteiger partial charge in [-0.15, -0.1) is 0 Å². The maximum Gasteiger partial charge on any atom is 0.234 e. The van der Waals surface area contributed by atoms with Crippen molar-refractivity contribution >= 4 is 11.0 Å². The molecule has 2 aromatic heterocycles. The first-order valence-electron chi connectivity index (χ1n) is 4.87. The molecule has 0 N–H and O–H groups in total. The van der Waals surface area contributed by atoms with Crippen LogP contribution in [0.3, 0.4) is 0 Å². The lowest BCUT2D eigenvalue weighted by Crippen LogP contribution is -2.09. The van der Waals surface area contributed by atoms with E-state index >= 15 is 0 Å². The molecule has 0 unspecified atom stereocenters. The molecule has 0 saturated carbocycles. The molecule has 0 bridgehead atoms. The number of fused-ring (bicyclic) bond motifs is 1. The lowest BCUT2D eigenvalue weighted by Gasteiger charge is -2.04. The molecule has 80 valence electrons. The third-order valence-corrected chi connectivity index (χ3v) is 2.23. The molecule has 5 nitrogen and oxygen atoms in total. The van der Waals surface area contributed by atoms with Gasteiger partial charge in [-0.3, -0.25) is 0 Å². The van der Waals surface area contributed by atoms with Gasteiger partial charge in [0.15, 0.2) is 6.61 Å². The number of rotatable bonds is 3. The van der Waals surface area contributed by atoms with Crippen LogP contribution >= 0.6 is 0 Å². The van der Waals surface area contributed by atoms with Gasteiger partial charge in [0.2, 0.25) is 5.89 Å². The van der Waals surface area contributed by atoms with Crippen LogP contribution in [0.2, 0.25) is 0 Å². The summed E-state index contributed by atoms with van der Waals surface area (Å²) in [6.07, 6.45) is 4.74. The zero-order chi connectivity index (χ0) is 10.8. The second kappa shape index (κ2) is 3.69. The van der Waals surface area contributed by atoms with Crippen molar-refractivity contribution in [3.05, 3.63) is 48.9 Å². The molecule has 0 aliphatic carbocycles. The van der Waals surface area contributed by atoms with Crippen molar-refractivity contribution < 1.29 is 9.25 Å². The normalized spacial score (nSPS) is 10.8. The van der Waals surface area contributed by atoms with Crippen LogP contribution in [-0.4, -0.2) is 14.7 Å². The number of hydrogen-bond acceptors (Lipinski definition) is 4. The van der Waals surface area contributed by atoms with Gasteiger partial charge in [0.05, 0.1) is 11.7 Å². The largest absolute Gasteiger partial charge is 0.445 e. The van der Waals surface area contributed by atoms with Crippen molar-refractivity contribution in [2.24, 2.45) is 0 Å². The Kier molecular flexibility index (Phi) is 2.07. The third kappa shape index (κ3) is 1.52. The first-order valence-corrected chi connectivity index (χ1v) is 4.87. The summed E-state index contributed by atoms with van der Waals surface area (Å²) in [5, 5.41) is 0. The van der Waals surface area contributed by atoms with Crippen molar-refractivity contribution in [2.75, 3.05) is 0 Å². The van der Waals surface area contributed by atoms with Crippen LogP contribution in [0, 0.1) is 0 Å². The van der Waals surface area contributed by atoms with Crippen molar-refractivity contribution in [2.45, 2.75) is 6.61 Å². The Morgan fingerprint density at radius 2 is 2.19 bits per heavy atom. The van der Waals surface area contributed by atoms with E-state index < -0.39 is 0 Å². The van der Waals surface area contributed by atoms with Crippen molar-refractivity contribution in [1.29, 1.82) is 0 Å². The summed E-state index contributed by atoms with van der Waals surface area (Å²) >= 11 is 0. The van der Waals surface area contributed by atoms with Gasteiger partial charge in [0, 0.05) is 0 Å². The van der Waals surface area contributed by atoms with E-state index in [-0.39, 0.29) is 6.61 Å². The minimum atomic E-state index is 0.285. The van der Waals surface area contributed by atoms with Crippen LogP contribution in [0.25, 0.3) is 11.0 Å². The second-order valence-corrected chi connectivity index (χ2v) is 3.26. The highest BCUT2D eigenvalue weighted by Gasteiger charge is 2.03. The Hall–Kier alpha value is -2.30. The predicted molar refractivity (Wildman–Crippen MR) is 56.5 cm³/mol. The van der Waals surface area contributed by atoms with E-state index in [4.69, 9.17) is 9.25 Å². The summed E-state index contributed by atoms with van der Waals surface area (Å²) in [5.41, 5.74) is 1.82. The van der Waals surface area contributed by atoms with Crippen LogP contribution in [0.4, 0.5) is 0 Å². The van der Waals surface area contributed by atoms with Crippen molar-refractivity contribution in [3.8, 4) is 0 Å². The molecule has 0 amide bonds. The van der Waals surface area contributed by atoms with E-state index in [0.29, 0.717) is 5.89 Å². The molecule has 16 heavy (non-hydrogen) atoms. The molecule has 0 aliphatic heterocycles. The Morgan fingerprint density at radius 3 is 3.06 bits per heavy atom. The molecule has 2 heterocycles. The first kappa shape index (κ1) is 8.96. The van der Waals surface area contributed by atoms with Gasteiger partial charge < -0.3 is 9.25 Å². The van der Waals surface area contributed by atoms with Gasteiger partial charge in [0.1, 0.15) is 18.1 Å². The van der Waals surface area contributed by atoms with E-state index in [1.165, 1.54) is 6.26 Å². The molecule has 0 saturated heterocycles. The van der Waals surface area contributed by atoms with Gasteiger partial charge in [-0.2, -0.15) is 4.73 Å². The van der Waals surface area contributed by atoms with Crippen molar-refractivity contribution in [1.82, 2.24) is 14.7 Å². The molecule has 5 heteroatoms. The fourth-order valence-electron chi connectivity index (χ4n) is 1.49. The van der Waals surface area contributed by atoms with Gasteiger partial charge >= 0.3 is 0 Å². The first-order chi connectivity index (χ1) is 7.93. The van der Waals surface area contributed by atoms with Gasteiger partial charge in [-0.1, -0.05) is 12.1 Å². The molecule has 3 rings (SSSR count). The average molecular weight is 215 g/mol. The quantitative estimate of drug-likeness (QED) is 0.666. The van der Waals surface area contributed by atoms with Crippen LogP contribution < -0.4 is 4.84 Å². The number of para-hydroxylation sites is 2. The zero-order valence-electron chi connectivity index (χ0n) is 8.41. The standard InChI is InChI=1S/C11H9N3O2/c1-2-4-10-9(3-1)13-8-14(10)16-7-11-12-5-6-15-11/h1-6,8H,7H2. The number of aromatic nitrogens is 3. The van der Waals surface area contributed by atoms with E-state index in [2.05, 4.69) is 9.97 Å². The smallest absolute Gasteiger partial charge is 0.234 e. The molecule has 0 aliphatic rings. The van der Waals surface area contributed by atoms with E-state index in [1.807, 2.05) is 24.3 Å². The molecule has 0 radical (unpaired) electrons. The topological polar surface area (TPSA) is 53.1 Å². The average Bonchev–Trinajstić information content (AvgIpc) is 2.96. The molecule has 1 aromatic carbocycles. The molecule has 0 spiro atoms. The minimum Gasteiger partial charge on any atom is -0.445 e. The molecule has 0 atom stereocenters. The van der Waals surface area contributed by atoms with E-state index in [9.17, 15) is 0 Å². The van der Waals surface area contributed by atoms with Gasteiger partial charge in [0.25, 0.3) is 0 Å². The van der Waals surface area contributed by atoms with Crippen LogP contribution in [0.5, 0.6) is 0 Å². The summed E-state index contributed by atoms with van der Waals surface area (Å²) in [7, 11) is 0. The Balaban J connectivity index is 1.84. The SMILES string of the molecule is c1ccc2c(c1)ncn2OCc1ncco1. The fraction of sp³-hybridized carbons (Fsp3) is 0.0909. The molecular formula is C11H9N3O2. The van der Waals surface area contributed by atoms with Crippen LogP contribution in [0.15, 0.2) is 47.5 Å². The number of nitrogens with zero attached hydrogens (tertiary/aromatic N) is 3. The Labute approximate surface area is 91.3 Å². The number of benzene rings is 1. The van der Waals surface area contributed by atoms with E-state index in [0.717, 1.165) is 11.0 Å². The Bertz CT molecular complexity index is 586.